The zero-order valence-electron chi connectivity index (χ0n) is 9.17. The van der Waals surface area contributed by atoms with Crippen LogP contribution in [-0.4, -0.2) is 12.5 Å². The van der Waals surface area contributed by atoms with E-state index in [4.69, 9.17) is 23.2 Å². The Balaban J connectivity index is 2.66. The lowest BCUT2D eigenvalue weighted by atomic mass is 10.1. The van der Waals surface area contributed by atoms with E-state index in [0.29, 0.717) is 12.1 Å². The molecule has 88 valence electrons. The van der Waals surface area contributed by atoms with Crippen molar-refractivity contribution in [2.24, 2.45) is 0 Å². The summed E-state index contributed by atoms with van der Waals surface area (Å²) in [7, 11) is 0. The van der Waals surface area contributed by atoms with Crippen LogP contribution in [-0.2, 0) is 9.13 Å². The first-order chi connectivity index (χ1) is 7.59. The molecule has 1 amide bonds. The van der Waals surface area contributed by atoms with Crippen LogP contribution in [0.15, 0.2) is 30.3 Å². The van der Waals surface area contributed by atoms with E-state index in [0.717, 1.165) is 12.8 Å². The van der Waals surface area contributed by atoms with Gasteiger partial charge in [-0.1, -0.05) is 66.9 Å². The maximum absolute atomic E-state index is 11.8. The van der Waals surface area contributed by atoms with Crippen LogP contribution in [0.2, 0.25) is 0 Å². The lowest BCUT2D eigenvalue weighted by Crippen LogP contribution is -2.37. The Morgan fingerprint density at radius 2 is 1.94 bits per heavy atom. The van der Waals surface area contributed by atoms with E-state index < -0.39 is 4.33 Å². The smallest absolute Gasteiger partial charge is 0.261 e. The fourth-order valence-electron chi connectivity index (χ4n) is 1.27. The maximum atomic E-state index is 11.8. The van der Waals surface area contributed by atoms with Crippen molar-refractivity contribution >= 4 is 29.1 Å². The third-order valence-electron chi connectivity index (χ3n) is 2.24. The molecule has 0 radical (unpaired) electrons. The summed E-state index contributed by atoms with van der Waals surface area (Å²) in [5.41, 5.74) is 0.590. The summed E-state index contributed by atoms with van der Waals surface area (Å²) < 4.78 is -1.50. The number of hydrogen-bond acceptors (Lipinski definition) is 1. The molecule has 0 bridgehead atoms. The topological polar surface area (TPSA) is 29.1 Å². The molecule has 0 saturated carbocycles. The van der Waals surface area contributed by atoms with Gasteiger partial charge >= 0.3 is 0 Å². The molecule has 4 heteroatoms. The van der Waals surface area contributed by atoms with Gasteiger partial charge in [-0.25, -0.2) is 0 Å². The number of benzene rings is 1. The highest BCUT2D eigenvalue weighted by Crippen LogP contribution is 2.33. The second-order valence-electron chi connectivity index (χ2n) is 3.55. The van der Waals surface area contributed by atoms with E-state index in [1.165, 1.54) is 0 Å². The van der Waals surface area contributed by atoms with Crippen molar-refractivity contribution in [1.82, 2.24) is 5.32 Å². The largest absolute Gasteiger partial charge is 0.353 e. The second kappa shape index (κ2) is 6.12. The molecular formula is C12H15Cl2NO. The van der Waals surface area contributed by atoms with E-state index in [-0.39, 0.29) is 5.91 Å². The number of amides is 1. The Bertz CT molecular complexity index is 338. The summed E-state index contributed by atoms with van der Waals surface area (Å²) in [4.78, 5) is 11.8. The molecule has 1 rings (SSSR count). The van der Waals surface area contributed by atoms with Crippen LogP contribution < -0.4 is 5.32 Å². The van der Waals surface area contributed by atoms with Gasteiger partial charge in [-0.05, 0) is 12.0 Å². The maximum Gasteiger partial charge on any atom is 0.261 e. The predicted molar refractivity (Wildman–Crippen MR) is 67.7 cm³/mol. The highest BCUT2D eigenvalue weighted by molar-refractivity contribution is 6.57. The predicted octanol–water partition coefficient (Wildman–Crippen LogP) is 3.23. The Hall–Kier alpha value is -0.730. The minimum atomic E-state index is -1.50. The van der Waals surface area contributed by atoms with Crippen molar-refractivity contribution in [2.75, 3.05) is 6.54 Å². The van der Waals surface area contributed by atoms with Crippen molar-refractivity contribution in [3.05, 3.63) is 35.9 Å². The van der Waals surface area contributed by atoms with Crippen molar-refractivity contribution in [3.63, 3.8) is 0 Å². The summed E-state index contributed by atoms with van der Waals surface area (Å²) in [5, 5.41) is 2.72. The van der Waals surface area contributed by atoms with Crippen molar-refractivity contribution < 1.29 is 4.79 Å². The Morgan fingerprint density at radius 3 is 2.50 bits per heavy atom. The SMILES string of the molecule is CCCCNC(=O)C(Cl)(Cl)c1ccccc1. The van der Waals surface area contributed by atoms with Gasteiger partial charge in [0.1, 0.15) is 0 Å². The summed E-state index contributed by atoms with van der Waals surface area (Å²) in [5.74, 6) is -0.365. The van der Waals surface area contributed by atoms with Gasteiger partial charge in [0.15, 0.2) is 0 Å². The van der Waals surface area contributed by atoms with E-state index >= 15 is 0 Å². The van der Waals surface area contributed by atoms with Crippen LogP contribution in [0.4, 0.5) is 0 Å². The van der Waals surface area contributed by atoms with E-state index in [1.807, 2.05) is 6.07 Å². The first kappa shape index (κ1) is 13.3. The molecule has 0 aliphatic rings. The van der Waals surface area contributed by atoms with Crippen LogP contribution >= 0.6 is 23.2 Å². The first-order valence-electron chi connectivity index (χ1n) is 5.30. The summed E-state index contributed by atoms with van der Waals surface area (Å²) >= 11 is 12.1. The number of rotatable bonds is 5. The molecule has 0 saturated heterocycles. The van der Waals surface area contributed by atoms with Crippen LogP contribution in [0.1, 0.15) is 25.3 Å². The third-order valence-corrected chi connectivity index (χ3v) is 3.02. The van der Waals surface area contributed by atoms with Gasteiger partial charge in [0.25, 0.3) is 5.91 Å². The molecule has 16 heavy (non-hydrogen) atoms. The third kappa shape index (κ3) is 3.39. The molecule has 0 spiro atoms. The molecule has 0 heterocycles. The fourth-order valence-corrected chi connectivity index (χ4v) is 1.65. The number of alkyl halides is 2. The van der Waals surface area contributed by atoms with Crippen LogP contribution in [0.5, 0.6) is 0 Å². The Morgan fingerprint density at radius 1 is 1.31 bits per heavy atom. The molecule has 0 aliphatic heterocycles. The van der Waals surface area contributed by atoms with E-state index in [2.05, 4.69) is 12.2 Å². The van der Waals surface area contributed by atoms with Gasteiger partial charge < -0.3 is 5.32 Å². The van der Waals surface area contributed by atoms with Crippen LogP contribution in [0.3, 0.4) is 0 Å². The molecule has 0 fully saturated rings. The Kier molecular flexibility index (Phi) is 5.10. The molecule has 1 aromatic carbocycles. The summed E-state index contributed by atoms with van der Waals surface area (Å²) in [6.07, 6.45) is 1.94. The van der Waals surface area contributed by atoms with Gasteiger partial charge in [0, 0.05) is 6.54 Å². The first-order valence-corrected chi connectivity index (χ1v) is 6.06. The summed E-state index contributed by atoms with van der Waals surface area (Å²) in [6.45, 7) is 2.65. The number of nitrogens with one attached hydrogen (secondary N) is 1. The van der Waals surface area contributed by atoms with Gasteiger partial charge in [0.05, 0.1) is 0 Å². The average molecular weight is 260 g/mol. The van der Waals surface area contributed by atoms with Gasteiger partial charge in [0.2, 0.25) is 4.33 Å². The number of hydrogen-bond donors (Lipinski definition) is 1. The van der Waals surface area contributed by atoms with Crippen molar-refractivity contribution in [3.8, 4) is 0 Å². The molecule has 0 unspecified atom stereocenters. The average Bonchev–Trinajstić information content (AvgIpc) is 2.30. The normalized spacial score (nSPS) is 11.2. The fraction of sp³-hybridized carbons (Fsp3) is 0.417. The standard InChI is InChI=1S/C12H15Cl2NO/c1-2-3-9-15-11(16)12(13,14)10-7-5-4-6-8-10/h4-8H,2-3,9H2,1H3,(H,15,16). The summed E-state index contributed by atoms with van der Waals surface area (Å²) in [6, 6.07) is 8.92. The minimum absolute atomic E-state index is 0.365. The minimum Gasteiger partial charge on any atom is -0.353 e. The van der Waals surface area contributed by atoms with Gasteiger partial charge in [-0.3, -0.25) is 4.79 Å². The van der Waals surface area contributed by atoms with Crippen molar-refractivity contribution in [1.29, 1.82) is 0 Å². The number of carbonyl (C=O) groups is 1. The van der Waals surface area contributed by atoms with E-state index in [1.54, 1.807) is 24.3 Å². The molecular weight excluding hydrogens is 245 g/mol. The molecule has 0 atom stereocenters. The second-order valence-corrected chi connectivity index (χ2v) is 4.88. The number of carbonyl (C=O) groups excluding carboxylic acids is 1. The Labute approximate surface area is 106 Å². The molecule has 2 nitrogen and oxygen atoms in total. The van der Waals surface area contributed by atoms with Crippen LogP contribution in [0.25, 0.3) is 0 Å². The molecule has 1 aromatic rings. The lowest BCUT2D eigenvalue weighted by molar-refractivity contribution is -0.121. The van der Waals surface area contributed by atoms with Crippen molar-refractivity contribution in [2.45, 2.75) is 24.1 Å². The van der Waals surface area contributed by atoms with Gasteiger partial charge in [-0.2, -0.15) is 0 Å². The highest BCUT2D eigenvalue weighted by atomic mass is 35.5. The molecule has 0 aliphatic carbocycles. The van der Waals surface area contributed by atoms with Crippen LogP contribution in [0, 0.1) is 0 Å². The number of halogens is 2. The monoisotopic (exact) mass is 259 g/mol. The highest BCUT2D eigenvalue weighted by Gasteiger charge is 2.35. The van der Waals surface area contributed by atoms with Gasteiger partial charge in [-0.15, -0.1) is 0 Å². The van der Waals surface area contributed by atoms with E-state index in [9.17, 15) is 4.79 Å². The molecule has 1 N–H and O–H groups in total. The lowest BCUT2D eigenvalue weighted by Gasteiger charge is -2.19. The number of unbranched alkanes of at least 4 members (excludes halogenated alkanes) is 1. The molecule has 0 aromatic heterocycles. The zero-order valence-corrected chi connectivity index (χ0v) is 10.7. The quantitative estimate of drug-likeness (QED) is 0.639. The zero-order chi connectivity index (χ0) is 12.0.